The minimum absolute atomic E-state index is 0.142. The van der Waals surface area contributed by atoms with E-state index in [1.807, 2.05) is 0 Å². The molecule has 26 heavy (non-hydrogen) atoms. The number of aromatic nitrogens is 4. The maximum atomic E-state index is 12.5. The fraction of sp³-hybridized carbons (Fsp3) is 0.250. The van der Waals surface area contributed by atoms with Crippen molar-refractivity contribution in [2.75, 3.05) is 0 Å². The van der Waals surface area contributed by atoms with Gasteiger partial charge in [0.15, 0.2) is 5.65 Å². The Bertz CT molecular complexity index is 1050. The van der Waals surface area contributed by atoms with Crippen molar-refractivity contribution < 1.29 is 14.5 Å². The second kappa shape index (κ2) is 6.75. The highest BCUT2D eigenvalue weighted by Crippen LogP contribution is 2.23. The first-order valence-electron chi connectivity index (χ1n) is 7.75. The number of nitrogens with zero attached hydrogens (tertiary/aromatic N) is 5. The molecule has 2 aromatic heterocycles. The minimum atomic E-state index is -0.561. The predicted molar refractivity (Wildman–Crippen MR) is 91.0 cm³/mol. The van der Waals surface area contributed by atoms with Gasteiger partial charge in [-0.15, -0.1) is 0 Å². The first-order valence-corrected chi connectivity index (χ1v) is 7.75. The van der Waals surface area contributed by atoms with E-state index < -0.39 is 16.5 Å². The summed E-state index contributed by atoms with van der Waals surface area (Å²) in [6, 6.07) is 6.01. The molecule has 0 unspecified atom stereocenters. The average Bonchev–Trinajstić information content (AvgIpc) is 3.01. The molecule has 1 aromatic carbocycles. The number of esters is 1. The van der Waals surface area contributed by atoms with Crippen molar-refractivity contribution in [3.05, 3.63) is 57.3 Å². The Morgan fingerprint density at radius 2 is 2.08 bits per heavy atom. The number of rotatable bonds is 5. The monoisotopic (exact) mass is 357 g/mol. The summed E-state index contributed by atoms with van der Waals surface area (Å²) in [5.41, 5.74) is -0.293. The molecule has 0 aliphatic carbocycles. The van der Waals surface area contributed by atoms with E-state index in [1.165, 1.54) is 35.4 Å². The molecule has 0 bridgehead atoms. The molecule has 0 aliphatic heterocycles. The Morgan fingerprint density at radius 1 is 1.35 bits per heavy atom. The zero-order valence-corrected chi connectivity index (χ0v) is 14.0. The Hall–Kier alpha value is -3.56. The minimum Gasteiger partial charge on any atom is -0.462 e. The van der Waals surface area contributed by atoms with Crippen molar-refractivity contribution in [2.24, 2.45) is 0 Å². The van der Waals surface area contributed by atoms with E-state index >= 15 is 0 Å². The summed E-state index contributed by atoms with van der Waals surface area (Å²) < 4.78 is 7.35. The number of nitro benzene ring substituents is 1. The maximum absolute atomic E-state index is 12.5. The molecule has 3 rings (SSSR count). The molecular formula is C16H15N5O5. The van der Waals surface area contributed by atoms with Gasteiger partial charge in [-0.25, -0.2) is 9.67 Å². The smallest absolute Gasteiger partial charge is 0.326 e. The van der Waals surface area contributed by atoms with Crippen LogP contribution in [0.5, 0.6) is 0 Å². The quantitative estimate of drug-likeness (QED) is 0.384. The van der Waals surface area contributed by atoms with Crippen LogP contribution in [0.25, 0.3) is 16.7 Å². The van der Waals surface area contributed by atoms with Crippen LogP contribution in [0.15, 0.2) is 41.6 Å². The summed E-state index contributed by atoms with van der Waals surface area (Å²) in [4.78, 5) is 39.1. The van der Waals surface area contributed by atoms with Crippen LogP contribution in [0.1, 0.15) is 13.8 Å². The van der Waals surface area contributed by atoms with E-state index in [2.05, 4.69) is 10.1 Å². The third kappa shape index (κ3) is 3.16. The molecule has 0 atom stereocenters. The van der Waals surface area contributed by atoms with Crippen LogP contribution in [0.2, 0.25) is 0 Å². The van der Waals surface area contributed by atoms with Crippen molar-refractivity contribution in [2.45, 2.75) is 26.5 Å². The number of carbonyl (C=O) groups excluding carboxylic acids is 1. The second-order valence-corrected chi connectivity index (χ2v) is 5.76. The van der Waals surface area contributed by atoms with E-state index in [0.29, 0.717) is 0 Å². The fourth-order valence-corrected chi connectivity index (χ4v) is 2.47. The van der Waals surface area contributed by atoms with Gasteiger partial charge in [-0.1, -0.05) is 12.1 Å². The first kappa shape index (κ1) is 17.3. The van der Waals surface area contributed by atoms with Crippen molar-refractivity contribution in [3.63, 3.8) is 0 Å². The van der Waals surface area contributed by atoms with E-state index in [4.69, 9.17) is 4.74 Å². The topological polar surface area (TPSA) is 122 Å². The Labute approximate surface area is 146 Å². The molecule has 2 heterocycles. The van der Waals surface area contributed by atoms with E-state index in [9.17, 15) is 19.7 Å². The van der Waals surface area contributed by atoms with Crippen LogP contribution in [0, 0.1) is 10.1 Å². The van der Waals surface area contributed by atoms with Gasteiger partial charge in [0.25, 0.3) is 11.2 Å². The summed E-state index contributed by atoms with van der Waals surface area (Å²) in [6.45, 7) is 3.13. The van der Waals surface area contributed by atoms with Gasteiger partial charge in [0, 0.05) is 6.07 Å². The van der Waals surface area contributed by atoms with E-state index in [-0.39, 0.29) is 35.1 Å². The number of hydrogen-bond donors (Lipinski definition) is 0. The molecule has 3 aromatic rings. The summed E-state index contributed by atoms with van der Waals surface area (Å²) >= 11 is 0. The molecule has 0 aliphatic rings. The zero-order valence-electron chi connectivity index (χ0n) is 14.0. The van der Waals surface area contributed by atoms with E-state index in [0.717, 1.165) is 4.57 Å². The van der Waals surface area contributed by atoms with Gasteiger partial charge in [-0.2, -0.15) is 5.10 Å². The molecule has 0 amide bonds. The number of nitro groups is 1. The molecule has 10 heteroatoms. The molecule has 134 valence electrons. The first-order chi connectivity index (χ1) is 12.4. The SMILES string of the molecule is CC(C)OC(=O)Cn1cnc2c(cnn2-c2ccccc2[N+](=O)[O-])c1=O. The lowest BCUT2D eigenvalue weighted by atomic mass is 10.2. The normalized spacial score (nSPS) is 11.0. The fourth-order valence-electron chi connectivity index (χ4n) is 2.47. The van der Waals surface area contributed by atoms with Gasteiger partial charge in [-0.05, 0) is 19.9 Å². The molecule has 0 radical (unpaired) electrons. The van der Waals surface area contributed by atoms with Crippen LogP contribution in [-0.2, 0) is 16.1 Å². The molecule has 0 fully saturated rings. The molecule has 0 saturated carbocycles. The number of carbonyl (C=O) groups is 1. The molecular weight excluding hydrogens is 342 g/mol. The predicted octanol–water partition coefficient (Wildman–Crippen LogP) is 1.44. The molecule has 0 N–H and O–H groups in total. The lowest BCUT2D eigenvalue weighted by molar-refractivity contribution is -0.384. The Morgan fingerprint density at radius 3 is 2.77 bits per heavy atom. The Balaban J connectivity index is 2.05. The standard InChI is InChI=1S/C16H15N5O5/c1-10(2)26-14(22)8-19-9-17-15-11(16(19)23)7-18-20(15)12-5-3-4-6-13(12)21(24)25/h3-7,9-10H,8H2,1-2H3. The molecule has 0 spiro atoms. The third-order valence-corrected chi connectivity index (χ3v) is 3.53. The number of benzene rings is 1. The summed E-state index contributed by atoms with van der Waals surface area (Å²) in [5, 5.41) is 15.4. The van der Waals surface area contributed by atoms with Gasteiger partial charge in [0.1, 0.15) is 23.9 Å². The van der Waals surface area contributed by atoms with E-state index in [1.54, 1.807) is 19.9 Å². The van der Waals surface area contributed by atoms with Gasteiger partial charge in [0.2, 0.25) is 0 Å². The zero-order chi connectivity index (χ0) is 18.8. The lowest BCUT2D eigenvalue weighted by Gasteiger charge is -2.09. The van der Waals surface area contributed by atoms with Crippen LogP contribution >= 0.6 is 0 Å². The average molecular weight is 357 g/mol. The van der Waals surface area contributed by atoms with Crippen molar-refractivity contribution in [3.8, 4) is 5.69 Å². The van der Waals surface area contributed by atoms with Crippen LogP contribution in [-0.4, -0.2) is 36.3 Å². The molecule has 10 nitrogen and oxygen atoms in total. The van der Waals surface area contributed by atoms with Crippen molar-refractivity contribution in [1.82, 2.24) is 19.3 Å². The van der Waals surface area contributed by atoms with Crippen LogP contribution in [0.4, 0.5) is 5.69 Å². The largest absolute Gasteiger partial charge is 0.462 e. The van der Waals surface area contributed by atoms with Gasteiger partial charge < -0.3 is 4.74 Å². The van der Waals surface area contributed by atoms with Gasteiger partial charge >= 0.3 is 5.97 Å². The highest BCUT2D eigenvalue weighted by Gasteiger charge is 2.19. The molecule has 0 saturated heterocycles. The number of ether oxygens (including phenoxy) is 1. The van der Waals surface area contributed by atoms with Crippen molar-refractivity contribution >= 4 is 22.7 Å². The van der Waals surface area contributed by atoms with Crippen molar-refractivity contribution in [1.29, 1.82) is 0 Å². The summed E-state index contributed by atoms with van der Waals surface area (Å²) in [5.74, 6) is -0.561. The highest BCUT2D eigenvalue weighted by atomic mass is 16.6. The number of hydrogen-bond acceptors (Lipinski definition) is 7. The maximum Gasteiger partial charge on any atom is 0.326 e. The van der Waals surface area contributed by atoms with Crippen LogP contribution < -0.4 is 5.56 Å². The van der Waals surface area contributed by atoms with Gasteiger partial charge in [0.05, 0.1) is 17.2 Å². The highest BCUT2D eigenvalue weighted by molar-refractivity contribution is 5.77. The number of para-hydroxylation sites is 2. The summed E-state index contributed by atoms with van der Waals surface area (Å²) in [6.07, 6.45) is 2.17. The Kier molecular flexibility index (Phi) is 4.48. The number of fused-ring (bicyclic) bond motifs is 1. The van der Waals surface area contributed by atoms with Gasteiger partial charge in [-0.3, -0.25) is 24.3 Å². The third-order valence-electron chi connectivity index (χ3n) is 3.53. The summed E-state index contributed by atoms with van der Waals surface area (Å²) in [7, 11) is 0. The second-order valence-electron chi connectivity index (χ2n) is 5.76. The lowest BCUT2D eigenvalue weighted by Crippen LogP contribution is -2.26. The van der Waals surface area contributed by atoms with Crippen LogP contribution in [0.3, 0.4) is 0 Å².